The van der Waals surface area contributed by atoms with Gasteiger partial charge >= 0.3 is 6.18 Å². The highest BCUT2D eigenvalue weighted by atomic mass is 19.4. The molecule has 7 heteroatoms. The van der Waals surface area contributed by atoms with Crippen molar-refractivity contribution in [2.75, 3.05) is 6.54 Å². The zero-order valence-electron chi connectivity index (χ0n) is 19.8. The second kappa shape index (κ2) is 9.09. The van der Waals surface area contributed by atoms with Crippen molar-refractivity contribution in [3.63, 3.8) is 0 Å². The summed E-state index contributed by atoms with van der Waals surface area (Å²) in [5.41, 5.74) is 2.71. The van der Waals surface area contributed by atoms with Crippen molar-refractivity contribution < 1.29 is 22.7 Å². The topological polar surface area (TPSA) is 43.3 Å². The number of rotatable bonds is 4. The van der Waals surface area contributed by atoms with Crippen LogP contribution >= 0.6 is 0 Å². The maximum atomic E-state index is 13.9. The number of halogens is 3. The molecule has 5 aromatic rings. The number of nitrogens with one attached hydrogen (secondary N) is 1. The molecule has 37 heavy (non-hydrogen) atoms. The summed E-state index contributed by atoms with van der Waals surface area (Å²) in [7, 11) is 0. The predicted octanol–water partition coefficient (Wildman–Crippen LogP) is 6.73. The number of benzene rings is 4. The van der Waals surface area contributed by atoms with E-state index in [0.29, 0.717) is 17.9 Å². The van der Waals surface area contributed by atoms with Gasteiger partial charge in [-0.1, -0.05) is 54.6 Å². The highest BCUT2D eigenvalue weighted by molar-refractivity contribution is 6.11. The van der Waals surface area contributed by atoms with Gasteiger partial charge in [-0.3, -0.25) is 9.36 Å². The van der Waals surface area contributed by atoms with Crippen molar-refractivity contribution in [1.29, 1.82) is 0 Å². The molecule has 0 radical (unpaired) electrons. The van der Waals surface area contributed by atoms with Crippen LogP contribution < -0.4 is 10.1 Å². The Morgan fingerprint density at radius 1 is 0.919 bits per heavy atom. The number of carbonyl (C=O) groups is 1. The lowest BCUT2D eigenvalue weighted by molar-refractivity contribution is -0.138. The first-order chi connectivity index (χ1) is 17.9. The summed E-state index contributed by atoms with van der Waals surface area (Å²) < 4.78 is 47.8. The van der Waals surface area contributed by atoms with Crippen LogP contribution in [0.5, 0.6) is 5.75 Å². The Kier molecular flexibility index (Phi) is 5.72. The number of nitrogens with zero attached hydrogens (tertiary/aromatic N) is 1. The molecule has 0 bridgehead atoms. The molecule has 1 aliphatic heterocycles. The molecule has 0 atom stereocenters. The van der Waals surface area contributed by atoms with Gasteiger partial charge in [0.1, 0.15) is 12.4 Å². The van der Waals surface area contributed by atoms with Gasteiger partial charge in [0, 0.05) is 28.8 Å². The fraction of sp³-hybridized carbons (Fsp3) is 0.167. The van der Waals surface area contributed by atoms with Crippen LogP contribution in [0.1, 0.15) is 32.7 Å². The molecular formula is C30H23F3N2O2. The monoisotopic (exact) mass is 500 g/mol. The predicted molar refractivity (Wildman–Crippen MR) is 137 cm³/mol. The van der Waals surface area contributed by atoms with E-state index in [2.05, 4.69) is 5.32 Å². The third-order valence-corrected chi connectivity index (χ3v) is 6.94. The fourth-order valence-corrected chi connectivity index (χ4v) is 5.21. The quantitative estimate of drug-likeness (QED) is 0.298. The smallest absolute Gasteiger partial charge is 0.416 e. The van der Waals surface area contributed by atoms with E-state index in [-0.39, 0.29) is 18.1 Å². The van der Waals surface area contributed by atoms with E-state index in [1.807, 2.05) is 54.6 Å². The van der Waals surface area contributed by atoms with Crippen LogP contribution in [0.2, 0.25) is 0 Å². The number of ether oxygens (including phenoxy) is 1. The Bertz CT molecular complexity index is 1650. The van der Waals surface area contributed by atoms with E-state index in [4.69, 9.17) is 4.74 Å². The molecular weight excluding hydrogens is 477 g/mol. The second-order valence-corrected chi connectivity index (χ2v) is 9.14. The van der Waals surface area contributed by atoms with Crippen molar-refractivity contribution in [2.24, 2.45) is 0 Å². The molecule has 1 aliphatic rings. The summed E-state index contributed by atoms with van der Waals surface area (Å²) >= 11 is 0. The lowest BCUT2D eigenvalue weighted by Gasteiger charge is -2.17. The normalized spacial score (nSPS) is 13.6. The molecule has 0 saturated carbocycles. The molecule has 0 aliphatic carbocycles. The SMILES string of the molecule is O=C(c1cccc2ccccc12)n1c2c(c3cc(OCc4ccccc4C(F)(F)F)ccc31)CCNC2. The molecule has 1 aromatic heterocycles. The number of hydrogen-bond acceptors (Lipinski definition) is 3. The largest absolute Gasteiger partial charge is 0.489 e. The highest BCUT2D eigenvalue weighted by Gasteiger charge is 2.33. The number of hydrogen-bond donors (Lipinski definition) is 1. The molecule has 4 nitrogen and oxygen atoms in total. The molecule has 0 spiro atoms. The molecule has 0 saturated heterocycles. The van der Waals surface area contributed by atoms with Gasteiger partial charge in [0.2, 0.25) is 0 Å². The maximum absolute atomic E-state index is 13.9. The first kappa shape index (κ1) is 23.3. The Morgan fingerprint density at radius 3 is 2.57 bits per heavy atom. The van der Waals surface area contributed by atoms with Gasteiger partial charge in [-0.25, -0.2) is 0 Å². The van der Waals surface area contributed by atoms with Gasteiger partial charge in [-0.2, -0.15) is 13.2 Å². The number of alkyl halides is 3. The van der Waals surface area contributed by atoms with Crippen molar-refractivity contribution in [1.82, 2.24) is 9.88 Å². The van der Waals surface area contributed by atoms with Gasteiger partial charge < -0.3 is 10.1 Å². The van der Waals surface area contributed by atoms with Crippen LogP contribution in [0, 0.1) is 0 Å². The average Bonchev–Trinajstić information content (AvgIpc) is 3.24. The van der Waals surface area contributed by atoms with E-state index < -0.39 is 11.7 Å². The van der Waals surface area contributed by atoms with Crippen LogP contribution in [0.4, 0.5) is 13.2 Å². The van der Waals surface area contributed by atoms with Gasteiger partial charge in [0.25, 0.3) is 5.91 Å². The van der Waals surface area contributed by atoms with Crippen molar-refractivity contribution in [3.8, 4) is 5.75 Å². The fourth-order valence-electron chi connectivity index (χ4n) is 5.21. The molecule has 2 heterocycles. The summed E-state index contributed by atoms with van der Waals surface area (Å²) in [5.74, 6) is 0.347. The first-order valence-corrected chi connectivity index (χ1v) is 12.1. The van der Waals surface area contributed by atoms with E-state index in [0.717, 1.165) is 52.0 Å². The van der Waals surface area contributed by atoms with Crippen LogP contribution in [-0.4, -0.2) is 17.0 Å². The molecule has 1 N–H and O–H groups in total. The molecule has 4 aromatic carbocycles. The van der Waals surface area contributed by atoms with E-state index in [1.54, 1.807) is 16.7 Å². The van der Waals surface area contributed by atoms with E-state index in [1.165, 1.54) is 12.1 Å². The summed E-state index contributed by atoms with van der Waals surface area (Å²) in [4.78, 5) is 13.9. The zero-order valence-corrected chi connectivity index (χ0v) is 19.8. The number of fused-ring (bicyclic) bond motifs is 4. The average molecular weight is 501 g/mol. The minimum absolute atomic E-state index is 0.0741. The number of aromatic nitrogens is 1. The molecule has 0 fully saturated rings. The zero-order chi connectivity index (χ0) is 25.6. The van der Waals surface area contributed by atoms with Crippen LogP contribution in [0.25, 0.3) is 21.7 Å². The van der Waals surface area contributed by atoms with Crippen molar-refractivity contribution in [3.05, 3.63) is 113 Å². The van der Waals surface area contributed by atoms with E-state index >= 15 is 0 Å². The van der Waals surface area contributed by atoms with Crippen molar-refractivity contribution >= 4 is 27.6 Å². The molecule has 6 rings (SSSR count). The minimum atomic E-state index is -4.45. The van der Waals surface area contributed by atoms with Crippen LogP contribution in [0.3, 0.4) is 0 Å². The third kappa shape index (κ3) is 4.15. The Morgan fingerprint density at radius 2 is 1.70 bits per heavy atom. The molecule has 0 unspecified atom stereocenters. The molecule has 186 valence electrons. The van der Waals surface area contributed by atoms with E-state index in [9.17, 15) is 18.0 Å². The van der Waals surface area contributed by atoms with Gasteiger partial charge in [-0.05, 0) is 59.6 Å². The Hall–Kier alpha value is -4.10. The number of carbonyl (C=O) groups excluding carboxylic acids is 1. The summed E-state index contributed by atoms with van der Waals surface area (Å²) in [6.07, 6.45) is -3.71. The lowest BCUT2D eigenvalue weighted by atomic mass is 10.0. The highest BCUT2D eigenvalue weighted by Crippen LogP contribution is 2.35. The minimum Gasteiger partial charge on any atom is -0.489 e. The summed E-state index contributed by atoms with van der Waals surface area (Å²) in [6, 6.07) is 24.3. The Balaban J connectivity index is 1.40. The van der Waals surface area contributed by atoms with Crippen LogP contribution in [0.15, 0.2) is 84.9 Å². The lowest BCUT2D eigenvalue weighted by Crippen LogP contribution is -2.27. The molecule has 0 amide bonds. The standard InChI is InChI=1S/C30H23F3N2O2/c31-30(32,33)26-11-4-2-7-20(26)18-37-21-12-13-27-25(16-21)23-14-15-34-17-28(23)35(27)29(36)24-10-5-8-19-6-1-3-9-22(19)24/h1-13,16,34H,14-15,17-18H2. The Labute approximate surface area is 211 Å². The third-order valence-electron chi connectivity index (χ3n) is 6.94. The second-order valence-electron chi connectivity index (χ2n) is 9.14. The van der Waals surface area contributed by atoms with Crippen molar-refractivity contribution in [2.45, 2.75) is 25.7 Å². The van der Waals surface area contributed by atoms with Gasteiger partial charge in [0.05, 0.1) is 11.1 Å². The summed E-state index contributed by atoms with van der Waals surface area (Å²) in [6.45, 7) is 1.12. The van der Waals surface area contributed by atoms with Gasteiger partial charge in [-0.15, -0.1) is 0 Å². The summed E-state index contributed by atoms with van der Waals surface area (Å²) in [5, 5.41) is 6.12. The van der Waals surface area contributed by atoms with Gasteiger partial charge in [0.15, 0.2) is 0 Å². The first-order valence-electron chi connectivity index (χ1n) is 12.1. The maximum Gasteiger partial charge on any atom is 0.416 e. The van der Waals surface area contributed by atoms with Crippen LogP contribution in [-0.2, 0) is 25.7 Å².